The average molecular weight is 430 g/mol. The summed E-state index contributed by atoms with van der Waals surface area (Å²) in [5.41, 5.74) is 1.74. The van der Waals surface area contributed by atoms with E-state index in [4.69, 9.17) is 14.0 Å². The smallest absolute Gasteiger partial charge is 0.375 e. The molecule has 1 atom stereocenters. The molecule has 1 aromatic heterocycles. The van der Waals surface area contributed by atoms with Crippen LogP contribution in [0.15, 0.2) is 34.9 Å². The van der Waals surface area contributed by atoms with Crippen molar-refractivity contribution in [3.05, 3.63) is 52.9 Å². The molecule has 0 aliphatic heterocycles. The van der Waals surface area contributed by atoms with Gasteiger partial charge in [0.1, 0.15) is 5.60 Å². The fraction of sp³-hybridized carbons (Fsp3) is 0.542. The maximum absolute atomic E-state index is 12.5. The van der Waals surface area contributed by atoms with Gasteiger partial charge in [-0.05, 0) is 57.9 Å². The molecule has 0 amide bonds. The van der Waals surface area contributed by atoms with E-state index in [0.717, 1.165) is 18.4 Å². The van der Waals surface area contributed by atoms with Gasteiger partial charge in [-0.25, -0.2) is 4.79 Å². The van der Waals surface area contributed by atoms with E-state index in [2.05, 4.69) is 5.16 Å². The topological polar surface area (TPSA) is 98.9 Å². The van der Waals surface area contributed by atoms with Crippen molar-refractivity contribution in [1.82, 2.24) is 5.16 Å². The Labute approximate surface area is 182 Å². The monoisotopic (exact) mass is 429 g/mol. The maximum atomic E-state index is 12.5. The Morgan fingerprint density at radius 1 is 1.23 bits per heavy atom. The highest BCUT2D eigenvalue weighted by molar-refractivity contribution is 5.87. The van der Waals surface area contributed by atoms with E-state index in [1.165, 1.54) is 0 Å². The minimum absolute atomic E-state index is 0.105. The fourth-order valence-corrected chi connectivity index (χ4v) is 3.64. The van der Waals surface area contributed by atoms with Crippen LogP contribution >= 0.6 is 0 Å². The lowest BCUT2D eigenvalue weighted by Crippen LogP contribution is -2.25. The molecule has 3 rings (SSSR count). The van der Waals surface area contributed by atoms with Gasteiger partial charge in [-0.2, -0.15) is 0 Å². The highest BCUT2D eigenvalue weighted by Gasteiger charge is 2.38. The van der Waals surface area contributed by atoms with Crippen LogP contribution in [-0.2, 0) is 20.9 Å². The first-order valence-electron chi connectivity index (χ1n) is 10.8. The Bertz CT molecular complexity index is 879. The molecule has 0 unspecified atom stereocenters. The number of aromatic carboxylic acids is 1. The second-order valence-electron chi connectivity index (χ2n) is 9.06. The number of aromatic nitrogens is 1. The van der Waals surface area contributed by atoms with Gasteiger partial charge in [0, 0.05) is 18.1 Å². The van der Waals surface area contributed by atoms with Crippen molar-refractivity contribution in [2.24, 2.45) is 0 Å². The maximum Gasteiger partial charge on any atom is 0.375 e. The molecule has 0 bridgehead atoms. The van der Waals surface area contributed by atoms with Crippen molar-refractivity contribution in [2.45, 2.75) is 76.9 Å². The summed E-state index contributed by atoms with van der Waals surface area (Å²) in [5, 5.41) is 13.6. The number of carbonyl (C=O) groups excluding carboxylic acids is 1. The molecule has 1 aromatic carbocycles. The Morgan fingerprint density at radius 2 is 1.94 bits per heavy atom. The summed E-state index contributed by atoms with van der Waals surface area (Å²) in [6, 6.07) is 9.93. The van der Waals surface area contributed by atoms with Gasteiger partial charge >= 0.3 is 11.9 Å². The lowest BCUT2D eigenvalue weighted by Gasteiger charge is -2.22. The molecule has 1 N–H and O–H groups in total. The SMILES string of the molecule is CC(C)(C)OC(=O)C[C@H](CCCOCc1ccccc1)c1noc(C(=O)O)c1C1CC1. The Morgan fingerprint density at radius 3 is 2.55 bits per heavy atom. The molecule has 1 saturated carbocycles. The molecule has 1 heterocycles. The van der Waals surface area contributed by atoms with Crippen molar-refractivity contribution < 1.29 is 28.7 Å². The number of carboxylic acids is 1. The zero-order valence-electron chi connectivity index (χ0n) is 18.4. The van der Waals surface area contributed by atoms with Crippen LogP contribution < -0.4 is 0 Å². The van der Waals surface area contributed by atoms with Crippen molar-refractivity contribution in [1.29, 1.82) is 0 Å². The minimum atomic E-state index is -1.12. The Kier molecular flexibility index (Phi) is 7.49. The molecule has 1 fully saturated rings. The van der Waals surface area contributed by atoms with Gasteiger partial charge < -0.3 is 19.1 Å². The van der Waals surface area contributed by atoms with Gasteiger partial charge in [0.15, 0.2) is 0 Å². The average Bonchev–Trinajstić information content (AvgIpc) is 3.43. The van der Waals surface area contributed by atoms with E-state index in [-0.39, 0.29) is 30.0 Å². The first kappa shape index (κ1) is 23.0. The van der Waals surface area contributed by atoms with Crippen LogP contribution in [0.3, 0.4) is 0 Å². The number of benzene rings is 1. The van der Waals surface area contributed by atoms with E-state index in [9.17, 15) is 14.7 Å². The third-order valence-corrected chi connectivity index (χ3v) is 5.11. The molecule has 7 heteroatoms. The van der Waals surface area contributed by atoms with Crippen LogP contribution in [0.2, 0.25) is 0 Å². The van der Waals surface area contributed by atoms with Crippen LogP contribution in [-0.4, -0.2) is 34.4 Å². The summed E-state index contributed by atoms with van der Waals surface area (Å²) < 4.78 is 16.4. The fourth-order valence-electron chi connectivity index (χ4n) is 3.64. The third-order valence-electron chi connectivity index (χ3n) is 5.11. The highest BCUT2D eigenvalue weighted by atomic mass is 16.6. The van der Waals surface area contributed by atoms with Crippen LogP contribution in [0.5, 0.6) is 0 Å². The molecule has 0 spiro atoms. The van der Waals surface area contributed by atoms with Gasteiger partial charge in [-0.1, -0.05) is 35.5 Å². The number of nitrogens with zero attached hydrogens (tertiary/aromatic N) is 1. The molecule has 0 saturated heterocycles. The number of rotatable bonds is 11. The summed E-state index contributed by atoms with van der Waals surface area (Å²) >= 11 is 0. The molecule has 1 aliphatic carbocycles. The molecule has 168 valence electrons. The lowest BCUT2D eigenvalue weighted by atomic mass is 9.91. The van der Waals surface area contributed by atoms with Crippen molar-refractivity contribution >= 4 is 11.9 Å². The lowest BCUT2D eigenvalue weighted by molar-refractivity contribution is -0.155. The second kappa shape index (κ2) is 10.1. The van der Waals surface area contributed by atoms with E-state index >= 15 is 0 Å². The summed E-state index contributed by atoms with van der Waals surface area (Å²) in [7, 11) is 0. The van der Waals surface area contributed by atoms with E-state index in [1.807, 2.05) is 51.1 Å². The van der Waals surface area contributed by atoms with Crippen molar-refractivity contribution in [2.75, 3.05) is 6.61 Å². The molecule has 2 aromatic rings. The standard InChI is InChI=1S/C24H31NO6/c1-24(2,3)30-19(26)14-18(10-7-13-29-15-16-8-5-4-6-9-16)21-20(17-11-12-17)22(23(27)28)31-25-21/h4-6,8-9,17-18H,7,10-15H2,1-3H3,(H,27,28)/t18-/m0/s1. The van der Waals surface area contributed by atoms with Gasteiger partial charge in [0.2, 0.25) is 5.76 Å². The Hall–Kier alpha value is -2.67. The van der Waals surface area contributed by atoms with E-state index in [1.54, 1.807) is 0 Å². The number of carbonyl (C=O) groups is 2. The molecule has 7 nitrogen and oxygen atoms in total. The van der Waals surface area contributed by atoms with Crippen LogP contribution in [0.1, 0.15) is 92.1 Å². The largest absolute Gasteiger partial charge is 0.475 e. The van der Waals surface area contributed by atoms with Gasteiger partial charge in [-0.3, -0.25) is 4.79 Å². The molecular weight excluding hydrogens is 398 g/mol. The first-order valence-corrected chi connectivity index (χ1v) is 10.8. The second-order valence-corrected chi connectivity index (χ2v) is 9.06. The number of hydrogen-bond donors (Lipinski definition) is 1. The number of ether oxygens (including phenoxy) is 2. The van der Waals surface area contributed by atoms with Gasteiger partial charge in [0.25, 0.3) is 0 Å². The van der Waals surface area contributed by atoms with Crippen LogP contribution in [0, 0.1) is 0 Å². The van der Waals surface area contributed by atoms with Crippen molar-refractivity contribution in [3.63, 3.8) is 0 Å². The zero-order valence-corrected chi connectivity index (χ0v) is 18.4. The molecule has 1 aliphatic rings. The van der Waals surface area contributed by atoms with E-state index < -0.39 is 11.6 Å². The third kappa shape index (κ3) is 6.92. The van der Waals surface area contributed by atoms with Crippen molar-refractivity contribution in [3.8, 4) is 0 Å². The molecular formula is C24H31NO6. The predicted octanol–water partition coefficient (Wildman–Crippen LogP) is 5.06. The zero-order chi connectivity index (χ0) is 22.4. The summed E-state index contributed by atoms with van der Waals surface area (Å²) in [6.07, 6.45) is 3.28. The van der Waals surface area contributed by atoms with Crippen LogP contribution in [0.4, 0.5) is 0 Å². The minimum Gasteiger partial charge on any atom is -0.475 e. The molecule has 31 heavy (non-hydrogen) atoms. The number of hydrogen-bond acceptors (Lipinski definition) is 6. The quantitative estimate of drug-likeness (QED) is 0.393. The van der Waals surface area contributed by atoms with Gasteiger partial charge in [0.05, 0.1) is 18.7 Å². The number of carboxylic acid groups (broad SMARTS) is 1. The first-order chi connectivity index (χ1) is 14.7. The highest BCUT2D eigenvalue weighted by Crippen LogP contribution is 2.46. The van der Waals surface area contributed by atoms with Crippen LogP contribution in [0.25, 0.3) is 0 Å². The predicted molar refractivity (Wildman–Crippen MR) is 114 cm³/mol. The summed E-state index contributed by atoms with van der Waals surface area (Å²) in [6.45, 7) is 6.53. The van der Waals surface area contributed by atoms with Gasteiger partial charge in [-0.15, -0.1) is 0 Å². The summed E-state index contributed by atoms with van der Waals surface area (Å²) in [5.74, 6) is -1.69. The normalized spacial score (nSPS) is 14.9. The summed E-state index contributed by atoms with van der Waals surface area (Å²) in [4.78, 5) is 24.1. The van der Waals surface area contributed by atoms with E-state index in [0.29, 0.717) is 37.3 Å². The molecule has 0 radical (unpaired) electrons. The Balaban J connectivity index is 1.67. The number of esters is 1.